The van der Waals surface area contributed by atoms with Crippen LogP contribution in [0.2, 0.25) is 15.1 Å². The molecule has 1 aromatic heterocycles. The summed E-state index contributed by atoms with van der Waals surface area (Å²) in [5.41, 5.74) is 1.49. The Hall–Kier alpha value is -2.19. The Kier molecular flexibility index (Phi) is 8.48. The molecule has 1 heterocycles. The number of benzene rings is 2. The van der Waals surface area contributed by atoms with Gasteiger partial charge in [-0.15, -0.1) is 16.8 Å². The van der Waals surface area contributed by atoms with Crippen molar-refractivity contribution in [3.8, 4) is 5.75 Å². The fourth-order valence-electron chi connectivity index (χ4n) is 2.89. The van der Waals surface area contributed by atoms with Crippen LogP contribution in [0.15, 0.2) is 54.2 Å². The molecule has 1 N–H and O–H groups in total. The van der Waals surface area contributed by atoms with Gasteiger partial charge in [-0.1, -0.05) is 64.8 Å². The predicted molar refractivity (Wildman–Crippen MR) is 131 cm³/mol. The molecule has 0 spiro atoms. The normalized spacial score (nSPS) is 11.8. The molecule has 1 amide bonds. The van der Waals surface area contributed by atoms with E-state index >= 15 is 0 Å². The van der Waals surface area contributed by atoms with Crippen molar-refractivity contribution in [3.63, 3.8) is 0 Å². The smallest absolute Gasteiger partial charge is 0.234 e. The second-order valence-corrected chi connectivity index (χ2v) is 9.06. The third-order valence-electron chi connectivity index (χ3n) is 4.34. The molecular formula is C22H21Cl3N4O2S. The number of halogens is 3. The molecule has 0 aliphatic heterocycles. The van der Waals surface area contributed by atoms with E-state index in [2.05, 4.69) is 22.1 Å². The number of aryl methyl sites for hydroxylation is 1. The minimum Gasteiger partial charge on any atom is -0.483 e. The maximum absolute atomic E-state index is 12.4. The Bertz CT molecular complexity index is 1140. The van der Waals surface area contributed by atoms with Crippen LogP contribution in [-0.2, 0) is 11.3 Å². The van der Waals surface area contributed by atoms with Gasteiger partial charge < -0.3 is 10.1 Å². The molecule has 0 saturated heterocycles. The monoisotopic (exact) mass is 510 g/mol. The van der Waals surface area contributed by atoms with E-state index in [9.17, 15) is 4.79 Å². The van der Waals surface area contributed by atoms with Crippen LogP contribution in [0.25, 0.3) is 0 Å². The first kappa shape index (κ1) is 24.5. The predicted octanol–water partition coefficient (Wildman–Crippen LogP) is 6.60. The Morgan fingerprint density at radius 2 is 1.97 bits per heavy atom. The Balaban J connectivity index is 1.69. The molecule has 0 saturated carbocycles. The second kappa shape index (κ2) is 11.1. The Morgan fingerprint density at radius 1 is 1.22 bits per heavy atom. The first-order valence-electron chi connectivity index (χ1n) is 9.63. The van der Waals surface area contributed by atoms with Gasteiger partial charge in [-0.25, -0.2) is 0 Å². The number of nitrogens with zero attached hydrogens (tertiary/aromatic N) is 3. The molecule has 168 valence electrons. The highest BCUT2D eigenvalue weighted by molar-refractivity contribution is 7.99. The van der Waals surface area contributed by atoms with Crippen molar-refractivity contribution in [2.24, 2.45) is 0 Å². The van der Waals surface area contributed by atoms with Crippen molar-refractivity contribution in [2.45, 2.75) is 31.7 Å². The molecule has 0 aliphatic carbocycles. The van der Waals surface area contributed by atoms with Crippen LogP contribution in [-0.4, -0.2) is 26.4 Å². The number of hydrogen-bond acceptors (Lipinski definition) is 5. The largest absolute Gasteiger partial charge is 0.483 e. The molecule has 10 heteroatoms. The number of rotatable bonds is 9. The molecule has 0 aliphatic rings. The van der Waals surface area contributed by atoms with Gasteiger partial charge in [0.2, 0.25) is 5.91 Å². The third kappa shape index (κ3) is 6.19. The zero-order valence-electron chi connectivity index (χ0n) is 17.4. The summed E-state index contributed by atoms with van der Waals surface area (Å²) in [6, 6.07) is 10.8. The molecule has 3 rings (SSSR count). The van der Waals surface area contributed by atoms with E-state index in [0.29, 0.717) is 38.3 Å². The Morgan fingerprint density at radius 3 is 2.69 bits per heavy atom. The SMILES string of the molecule is C=CCn1c(SCC(=O)Nc2cc(Cl)c(Cl)cc2Cl)nnc1C(C)Oc1cccc(C)c1. The molecule has 32 heavy (non-hydrogen) atoms. The molecule has 1 unspecified atom stereocenters. The number of allylic oxidation sites excluding steroid dienone is 1. The van der Waals surface area contributed by atoms with Crippen LogP contribution < -0.4 is 10.1 Å². The first-order valence-corrected chi connectivity index (χ1v) is 11.7. The number of aromatic nitrogens is 3. The minimum absolute atomic E-state index is 0.0962. The standard InChI is InChI=1S/C22H21Cl3N4O2S/c1-4-8-29-21(14(3)31-15-7-5-6-13(2)9-15)27-28-22(29)32-12-20(30)26-19-11-17(24)16(23)10-18(19)25/h4-7,9-11,14H,1,8,12H2,2-3H3,(H,26,30). The van der Waals surface area contributed by atoms with Crippen LogP contribution in [0.5, 0.6) is 5.75 Å². The van der Waals surface area contributed by atoms with Gasteiger partial charge in [-0.05, 0) is 43.7 Å². The number of amides is 1. The zero-order valence-corrected chi connectivity index (χ0v) is 20.5. The van der Waals surface area contributed by atoms with Gasteiger partial charge in [-0.2, -0.15) is 0 Å². The van der Waals surface area contributed by atoms with Crippen molar-refractivity contribution in [1.29, 1.82) is 0 Å². The van der Waals surface area contributed by atoms with E-state index in [-0.39, 0.29) is 17.8 Å². The summed E-state index contributed by atoms with van der Waals surface area (Å²) in [6.07, 6.45) is 1.40. The van der Waals surface area contributed by atoms with Gasteiger partial charge in [0, 0.05) is 6.54 Å². The summed E-state index contributed by atoms with van der Waals surface area (Å²) in [5.74, 6) is 1.22. The van der Waals surface area contributed by atoms with Crippen LogP contribution in [0.3, 0.4) is 0 Å². The second-order valence-electron chi connectivity index (χ2n) is 6.90. The molecule has 3 aromatic rings. The van der Waals surface area contributed by atoms with Crippen LogP contribution >= 0.6 is 46.6 Å². The lowest BCUT2D eigenvalue weighted by Crippen LogP contribution is -2.16. The van der Waals surface area contributed by atoms with E-state index in [1.165, 1.54) is 23.9 Å². The summed E-state index contributed by atoms with van der Waals surface area (Å²) >= 11 is 19.3. The lowest BCUT2D eigenvalue weighted by Gasteiger charge is -2.16. The molecule has 0 bridgehead atoms. The summed E-state index contributed by atoms with van der Waals surface area (Å²) in [4.78, 5) is 12.4. The minimum atomic E-state index is -0.345. The highest BCUT2D eigenvalue weighted by Gasteiger charge is 2.20. The molecular weight excluding hydrogens is 491 g/mol. The fourth-order valence-corrected chi connectivity index (χ4v) is 4.24. The van der Waals surface area contributed by atoms with Crippen LogP contribution in [0.4, 0.5) is 5.69 Å². The lowest BCUT2D eigenvalue weighted by atomic mass is 10.2. The topological polar surface area (TPSA) is 69.0 Å². The van der Waals surface area contributed by atoms with Gasteiger partial charge in [0.15, 0.2) is 17.1 Å². The van der Waals surface area contributed by atoms with E-state index < -0.39 is 0 Å². The van der Waals surface area contributed by atoms with Gasteiger partial charge >= 0.3 is 0 Å². The van der Waals surface area contributed by atoms with Crippen molar-refractivity contribution in [1.82, 2.24) is 14.8 Å². The molecule has 0 fully saturated rings. The molecule has 2 aromatic carbocycles. The fraction of sp³-hybridized carbons (Fsp3) is 0.227. The van der Waals surface area contributed by atoms with E-state index in [0.717, 1.165) is 11.3 Å². The maximum Gasteiger partial charge on any atom is 0.234 e. The highest BCUT2D eigenvalue weighted by atomic mass is 35.5. The summed E-state index contributed by atoms with van der Waals surface area (Å²) in [5, 5.41) is 12.8. The molecule has 6 nitrogen and oxygen atoms in total. The number of hydrogen-bond donors (Lipinski definition) is 1. The number of nitrogens with one attached hydrogen (secondary N) is 1. The third-order valence-corrected chi connectivity index (χ3v) is 6.34. The van der Waals surface area contributed by atoms with Crippen LogP contribution in [0, 0.1) is 6.92 Å². The van der Waals surface area contributed by atoms with Crippen molar-refractivity contribution < 1.29 is 9.53 Å². The van der Waals surface area contributed by atoms with Gasteiger partial charge in [0.25, 0.3) is 0 Å². The number of thioether (sulfide) groups is 1. The Labute approximate surface area is 205 Å². The van der Waals surface area contributed by atoms with E-state index in [1.807, 2.05) is 42.7 Å². The van der Waals surface area contributed by atoms with Crippen molar-refractivity contribution in [2.75, 3.05) is 11.1 Å². The van der Waals surface area contributed by atoms with Crippen molar-refractivity contribution >= 4 is 58.2 Å². The molecule has 1 atom stereocenters. The lowest BCUT2D eigenvalue weighted by molar-refractivity contribution is -0.113. The number of carbonyl (C=O) groups excluding carboxylic acids is 1. The average Bonchev–Trinajstić information content (AvgIpc) is 3.13. The quantitative estimate of drug-likeness (QED) is 0.199. The average molecular weight is 512 g/mol. The van der Waals surface area contributed by atoms with E-state index in [1.54, 1.807) is 6.08 Å². The molecule has 0 radical (unpaired) electrons. The summed E-state index contributed by atoms with van der Waals surface area (Å²) < 4.78 is 7.91. The number of ether oxygens (including phenoxy) is 1. The van der Waals surface area contributed by atoms with E-state index in [4.69, 9.17) is 39.5 Å². The number of carbonyl (C=O) groups is 1. The van der Waals surface area contributed by atoms with Gasteiger partial charge in [0.05, 0.1) is 26.5 Å². The highest BCUT2D eigenvalue weighted by Crippen LogP contribution is 2.32. The zero-order chi connectivity index (χ0) is 23.3. The van der Waals surface area contributed by atoms with Crippen molar-refractivity contribution in [3.05, 3.63) is 75.5 Å². The van der Waals surface area contributed by atoms with Crippen LogP contribution in [0.1, 0.15) is 24.4 Å². The summed E-state index contributed by atoms with van der Waals surface area (Å²) in [7, 11) is 0. The number of anilines is 1. The maximum atomic E-state index is 12.4. The van der Waals surface area contributed by atoms with Gasteiger partial charge in [-0.3, -0.25) is 9.36 Å². The summed E-state index contributed by atoms with van der Waals surface area (Å²) in [6.45, 7) is 8.19. The first-order chi connectivity index (χ1) is 15.3. The van der Waals surface area contributed by atoms with Gasteiger partial charge in [0.1, 0.15) is 5.75 Å².